The average Bonchev–Trinajstić information content (AvgIpc) is 1.63. The highest BCUT2D eigenvalue weighted by Gasteiger charge is 2.33. The van der Waals surface area contributed by atoms with E-state index in [2.05, 4.69) is 60.2 Å². The molecule has 95 heavy (non-hydrogen) atoms. The smallest absolute Gasteiger partial charge is 0.291 e. The molecule has 514 valence electrons. The molecule has 0 radical (unpaired) electrons. The van der Waals surface area contributed by atoms with E-state index in [1.54, 1.807) is 52.5 Å². The lowest BCUT2D eigenvalue weighted by Gasteiger charge is -2.39. The molecule has 0 saturated heterocycles. The summed E-state index contributed by atoms with van der Waals surface area (Å²) in [7, 11) is 4.82. The van der Waals surface area contributed by atoms with Crippen molar-refractivity contribution < 1.29 is 71.5 Å². The lowest BCUT2D eigenvalue weighted by atomic mass is 9.88. The van der Waals surface area contributed by atoms with Gasteiger partial charge in [0.25, 0.3) is 23.6 Å². The van der Waals surface area contributed by atoms with E-state index in [1.165, 1.54) is 26.1 Å². The number of aryl methyl sites for hydroxylation is 3. The maximum Gasteiger partial charge on any atom is 0.291 e. The molecule has 6 aromatic rings. The summed E-state index contributed by atoms with van der Waals surface area (Å²) < 4.78 is 48.9. The molecule has 0 bridgehead atoms. The molecule has 0 spiro atoms. The molecular weight excluding hydrogens is 1250 g/mol. The molecule has 29 nitrogen and oxygen atoms in total. The Kier molecular flexibility index (Phi) is 30.5. The number of nitrogens with one attached hydrogen (secondary N) is 7. The third-order valence-electron chi connectivity index (χ3n) is 14.6. The molecule has 0 fully saturated rings. The first kappa shape index (κ1) is 73.8. The second-order valence-corrected chi connectivity index (χ2v) is 22.3. The molecule has 0 aliphatic carbocycles. The van der Waals surface area contributed by atoms with Gasteiger partial charge in [-0.2, -0.15) is 0 Å². The van der Waals surface area contributed by atoms with Crippen molar-refractivity contribution in [3.05, 3.63) is 125 Å². The Morgan fingerprint density at radius 3 is 1.53 bits per heavy atom. The standard InChI is InChI=1S/C65H87ClN14O15/c1-44-40-53(71-50-13-11-49(66)12-14-50)51-41-48(10-15-54(51)80(44)45(2)81)46-6-8-47(9-7-46)62(84)69-21-24-88-26-28-90-30-32-92-34-36-94-38-39-95-37-35-93-33-31-91-29-27-89-25-22-70-64(86)60-75-56(42-78(60)4)74-58(83)17-20-68-63(85)59-52(18-23-77(59)3)72-65(87)61-76-55(43-79(61)5)73-57(82)16-19-67/h6-15,18,23,41-44,53,71H,16-17,19-22,24-40,67H2,1-5H3,(H,68,85)(H,69,84)(H,70,86)(H,72,87)(H,73,82)(H,74,83)/t44-,53+/m0/s1. The van der Waals surface area contributed by atoms with Crippen molar-refractivity contribution in [3.8, 4) is 11.1 Å². The topological polar surface area (TPSA) is 347 Å². The summed E-state index contributed by atoms with van der Waals surface area (Å²) in [5, 5.41) is 20.5. The van der Waals surface area contributed by atoms with Crippen LogP contribution < -0.4 is 47.9 Å². The van der Waals surface area contributed by atoms with Crippen molar-refractivity contribution in [1.29, 1.82) is 0 Å². The van der Waals surface area contributed by atoms with Gasteiger partial charge >= 0.3 is 0 Å². The largest absolute Gasteiger partial charge is 0.378 e. The first-order valence-electron chi connectivity index (χ1n) is 31.4. The number of benzene rings is 3. The summed E-state index contributed by atoms with van der Waals surface area (Å²) in [4.78, 5) is 99.6. The van der Waals surface area contributed by atoms with Gasteiger partial charge in [-0.15, -0.1) is 0 Å². The summed E-state index contributed by atoms with van der Waals surface area (Å²) in [6.07, 6.45) is 5.27. The zero-order valence-electron chi connectivity index (χ0n) is 54.3. The van der Waals surface area contributed by atoms with E-state index in [-0.39, 0.29) is 104 Å². The van der Waals surface area contributed by atoms with E-state index >= 15 is 0 Å². The molecule has 30 heteroatoms. The SMILES string of the molecule is CC(=O)N1c2ccc(-c3ccc(C(=O)NCCOCCOCCOCCOCCOCCOCCOCCOCCNC(=O)c4nc(NC(=O)CCNC(=O)c5c(NC(=O)c6nc(NC(=O)CCN)cn6C)ccn5C)cn4C)cc3)cc2[C@H](Nc2ccc(Cl)cc2)C[C@@H]1C. The predicted molar refractivity (Wildman–Crippen MR) is 356 cm³/mol. The van der Waals surface area contributed by atoms with E-state index < -0.39 is 23.6 Å². The van der Waals surface area contributed by atoms with Crippen LogP contribution in [0.25, 0.3) is 11.1 Å². The van der Waals surface area contributed by atoms with Crippen LogP contribution in [0, 0.1) is 0 Å². The van der Waals surface area contributed by atoms with E-state index in [4.69, 9.17) is 55.2 Å². The van der Waals surface area contributed by atoms with Crippen LogP contribution in [0.1, 0.15) is 86.8 Å². The number of nitrogens with zero attached hydrogens (tertiary/aromatic N) is 6. The van der Waals surface area contributed by atoms with Gasteiger partial charge in [-0.25, -0.2) is 9.97 Å². The molecule has 7 amide bonds. The highest BCUT2D eigenvalue weighted by atomic mass is 35.5. The Morgan fingerprint density at radius 1 is 0.537 bits per heavy atom. The number of aromatic nitrogens is 5. The monoisotopic (exact) mass is 1340 g/mol. The molecular formula is C65H87ClN14O15. The number of ether oxygens (including phenoxy) is 8. The molecule has 7 rings (SSSR count). The number of carbonyl (C=O) groups is 7. The van der Waals surface area contributed by atoms with Crippen LogP contribution in [0.15, 0.2) is 91.4 Å². The van der Waals surface area contributed by atoms with E-state index in [0.717, 1.165) is 34.5 Å². The Hall–Kier alpha value is -8.62. The number of rotatable bonds is 42. The molecule has 0 unspecified atom stereocenters. The van der Waals surface area contributed by atoms with Crippen molar-refractivity contribution >= 4 is 81.6 Å². The lowest BCUT2D eigenvalue weighted by molar-refractivity contribution is -0.117. The minimum Gasteiger partial charge on any atom is -0.378 e. The number of anilines is 5. The number of imidazole rings is 2. The fourth-order valence-corrected chi connectivity index (χ4v) is 10.1. The number of fused-ring (bicyclic) bond motifs is 1. The lowest BCUT2D eigenvalue weighted by Crippen LogP contribution is -2.43. The highest BCUT2D eigenvalue weighted by Crippen LogP contribution is 2.41. The summed E-state index contributed by atoms with van der Waals surface area (Å²) in [6.45, 7) is 10.4. The van der Waals surface area contributed by atoms with Crippen molar-refractivity contribution in [1.82, 2.24) is 39.6 Å². The minimum absolute atomic E-state index is 0.00280. The van der Waals surface area contributed by atoms with Crippen molar-refractivity contribution in [2.75, 3.05) is 158 Å². The van der Waals surface area contributed by atoms with Gasteiger partial charge in [-0.3, -0.25) is 33.6 Å². The maximum absolute atomic E-state index is 13.2. The van der Waals surface area contributed by atoms with Crippen molar-refractivity contribution in [2.45, 2.75) is 45.2 Å². The van der Waals surface area contributed by atoms with Crippen LogP contribution in [0.4, 0.5) is 28.7 Å². The third-order valence-corrected chi connectivity index (χ3v) is 14.8. The number of halogens is 1. The number of hydrogen-bond donors (Lipinski definition) is 8. The first-order chi connectivity index (χ1) is 46.0. The van der Waals surface area contributed by atoms with Crippen molar-refractivity contribution in [3.63, 3.8) is 0 Å². The van der Waals surface area contributed by atoms with Gasteiger partial charge in [-0.1, -0.05) is 29.8 Å². The quantitative estimate of drug-likeness (QED) is 0.0241. The molecule has 9 N–H and O–H groups in total. The van der Waals surface area contributed by atoms with E-state index in [1.807, 2.05) is 53.4 Å². The van der Waals surface area contributed by atoms with E-state index in [0.29, 0.717) is 116 Å². The molecule has 2 atom stereocenters. The number of carbonyl (C=O) groups excluding carboxylic acids is 7. The van der Waals surface area contributed by atoms with Crippen LogP contribution in [0.3, 0.4) is 0 Å². The second-order valence-electron chi connectivity index (χ2n) is 21.8. The molecule has 3 aromatic heterocycles. The first-order valence-corrected chi connectivity index (χ1v) is 31.7. The second kappa shape index (κ2) is 39.3. The predicted octanol–water partition coefficient (Wildman–Crippen LogP) is 4.70. The molecule has 4 heterocycles. The van der Waals surface area contributed by atoms with Crippen molar-refractivity contribution in [2.24, 2.45) is 26.9 Å². The Bertz CT molecular complexity index is 3450. The average molecular weight is 1340 g/mol. The molecule has 0 saturated carbocycles. The molecule has 3 aromatic carbocycles. The normalized spacial score (nSPS) is 13.4. The summed E-state index contributed by atoms with van der Waals surface area (Å²) in [5.74, 6) is -2.26. The van der Waals surface area contributed by atoms with Crippen LogP contribution in [0.5, 0.6) is 0 Å². The maximum atomic E-state index is 13.2. The molecule has 1 aliphatic rings. The fraction of sp³-hybridized carbons (Fsp3) is 0.462. The van der Waals surface area contributed by atoms with Gasteiger partial charge in [0.05, 0.1) is 117 Å². The Labute approximate surface area is 556 Å². The zero-order chi connectivity index (χ0) is 67.9. The van der Waals surface area contributed by atoms with E-state index in [9.17, 15) is 33.6 Å². The number of nitrogens with two attached hydrogens (primary N) is 1. The third kappa shape index (κ3) is 24.0. The van der Waals surface area contributed by atoms with Gasteiger partial charge in [0.2, 0.25) is 29.4 Å². The summed E-state index contributed by atoms with van der Waals surface area (Å²) >= 11 is 6.13. The minimum atomic E-state index is -0.618. The van der Waals surface area contributed by atoms with Gasteiger partial charge in [0, 0.05) is 114 Å². The Balaban J connectivity index is 0.612. The van der Waals surface area contributed by atoms with Crippen LogP contribution in [-0.4, -0.2) is 203 Å². The van der Waals surface area contributed by atoms with Gasteiger partial charge in [0.15, 0.2) is 11.6 Å². The van der Waals surface area contributed by atoms with Gasteiger partial charge in [0.1, 0.15) is 5.69 Å². The van der Waals surface area contributed by atoms with Crippen LogP contribution in [0.2, 0.25) is 5.02 Å². The van der Waals surface area contributed by atoms with Crippen LogP contribution >= 0.6 is 11.6 Å². The fourth-order valence-electron chi connectivity index (χ4n) is 10.00. The zero-order valence-corrected chi connectivity index (χ0v) is 55.1. The Morgan fingerprint density at radius 2 is 1.01 bits per heavy atom. The van der Waals surface area contributed by atoms with Gasteiger partial charge in [-0.05, 0) is 84.6 Å². The summed E-state index contributed by atoms with van der Waals surface area (Å²) in [5.41, 5.74) is 11.1. The van der Waals surface area contributed by atoms with Gasteiger partial charge < -0.3 is 99.4 Å². The number of amides is 7. The molecule has 1 aliphatic heterocycles. The highest BCUT2D eigenvalue weighted by molar-refractivity contribution is 6.30. The number of hydrogen-bond acceptors (Lipinski definition) is 19. The summed E-state index contributed by atoms with van der Waals surface area (Å²) in [6, 6.07) is 22.7. The van der Waals surface area contributed by atoms with Crippen LogP contribution in [-0.2, 0) is 73.4 Å².